The van der Waals surface area contributed by atoms with Crippen LogP contribution in [0.25, 0.3) is 0 Å². The van der Waals surface area contributed by atoms with Crippen molar-refractivity contribution in [1.82, 2.24) is 5.32 Å². The Labute approximate surface area is 109 Å². The van der Waals surface area contributed by atoms with E-state index in [1.807, 2.05) is 39.0 Å². The topological polar surface area (TPSA) is 64.3 Å². The third-order valence-corrected chi connectivity index (χ3v) is 2.53. The average Bonchev–Trinajstić information content (AvgIpc) is 2.28. The number of carbonyl (C=O) groups excluding carboxylic acids is 1. The number of aryl methyl sites for hydroxylation is 1. The highest BCUT2D eigenvalue weighted by Crippen LogP contribution is 2.20. The number of nitrogens with one attached hydrogen (secondary N) is 1. The minimum Gasteiger partial charge on any atom is -0.496 e. The van der Waals surface area contributed by atoms with Crippen LogP contribution >= 0.6 is 0 Å². The number of hydrogen-bond donors (Lipinski definition) is 2. The quantitative estimate of drug-likeness (QED) is 0.830. The molecule has 1 amide bonds. The van der Waals surface area contributed by atoms with Crippen molar-refractivity contribution in [3.8, 4) is 5.75 Å². The van der Waals surface area contributed by atoms with E-state index >= 15 is 0 Å². The van der Waals surface area contributed by atoms with E-state index in [0.29, 0.717) is 13.0 Å². The molecular formula is C14H22N2O2. The zero-order valence-corrected chi connectivity index (χ0v) is 11.5. The van der Waals surface area contributed by atoms with Crippen molar-refractivity contribution in [3.63, 3.8) is 0 Å². The van der Waals surface area contributed by atoms with E-state index < -0.39 is 5.54 Å². The summed E-state index contributed by atoms with van der Waals surface area (Å²) < 4.78 is 5.27. The van der Waals surface area contributed by atoms with Crippen molar-refractivity contribution >= 4 is 5.91 Å². The van der Waals surface area contributed by atoms with Gasteiger partial charge >= 0.3 is 0 Å². The number of amides is 1. The molecule has 0 aliphatic heterocycles. The number of benzene rings is 1. The molecule has 0 aliphatic rings. The van der Waals surface area contributed by atoms with Crippen LogP contribution in [-0.2, 0) is 11.2 Å². The van der Waals surface area contributed by atoms with Gasteiger partial charge in [-0.1, -0.05) is 12.1 Å². The second-order valence-corrected chi connectivity index (χ2v) is 5.26. The molecule has 18 heavy (non-hydrogen) atoms. The lowest BCUT2D eigenvalue weighted by Gasteiger charge is -2.19. The second-order valence-electron chi connectivity index (χ2n) is 5.26. The highest BCUT2D eigenvalue weighted by molar-refractivity contribution is 5.79. The standard InChI is InChI=1S/C14H22N2O2/c1-10-5-6-11(12(7-10)18-4)8-13(17)16-9-14(2,3)15/h5-7H,8-9,15H2,1-4H3,(H,16,17). The Kier molecular flexibility index (Phi) is 4.73. The van der Waals surface area contributed by atoms with Gasteiger partial charge in [-0.05, 0) is 32.4 Å². The van der Waals surface area contributed by atoms with Gasteiger partial charge in [0.15, 0.2) is 0 Å². The smallest absolute Gasteiger partial charge is 0.224 e. The monoisotopic (exact) mass is 250 g/mol. The maximum absolute atomic E-state index is 11.8. The summed E-state index contributed by atoms with van der Waals surface area (Å²) in [5.41, 5.74) is 7.41. The zero-order valence-electron chi connectivity index (χ0n) is 11.5. The highest BCUT2D eigenvalue weighted by atomic mass is 16.5. The van der Waals surface area contributed by atoms with Gasteiger partial charge in [0.05, 0.1) is 13.5 Å². The summed E-state index contributed by atoms with van der Waals surface area (Å²) in [6, 6.07) is 5.81. The first-order valence-electron chi connectivity index (χ1n) is 6.01. The number of carbonyl (C=O) groups is 1. The molecule has 4 heteroatoms. The van der Waals surface area contributed by atoms with Crippen molar-refractivity contribution in [3.05, 3.63) is 29.3 Å². The first kappa shape index (κ1) is 14.5. The molecule has 0 heterocycles. The van der Waals surface area contributed by atoms with Crippen LogP contribution in [0.15, 0.2) is 18.2 Å². The van der Waals surface area contributed by atoms with Crippen molar-refractivity contribution in [2.24, 2.45) is 5.73 Å². The molecule has 0 saturated heterocycles. The van der Waals surface area contributed by atoms with Crippen LogP contribution in [0.5, 0.6) is 5.75 Å². The lowest BCUT2D eigenvalue weighted by Crippen LogP contribution is -2.45. The molecule has 1 aromatic rings. The highest BCUT2D eigenvalue weighted by Gasteiger charge is 2.13. The minimum absolute atomic E-state index is 0.0457. The lowest BCUT2D eigenvalue weighted by molar-refractivity contribution is -0.120. The summed E-state index contributed by atoms with van der Waals surface area (Å²) in [5, 5.41) is 2.82. The number of nitrogens with two attached hydrogens (primary N) is 1. The van der Waals surface area contributed by atoms with E-state index in [9.17, 15) is 4.79 Å². The molecule has 1 rings (SSSR count). The fraction of sp³-hybridized carbons (Fsp3) is 0.500. The molecule has 100 valence electrons. The van der Waals surface area contributed by atoms with Gasteiger partial charge in [-0.25, -0.2) is 0 Å². The predicted molar refractivity (Wildman–Crippen MR) is 72.7 cm³/mol. The number of methoxy groups -OCH3 is 1. The summed E-state index contributed by atoms with van der Waals surface area (Å²) in [6.07, 6.45) is 0.305. The van der Waals surface area contributed by atoms with E-state index in [-0.39, 0.29) is 5.91 Å². The molecule has 0 fully saturated rings. The van der Waals surface area contributed by atoms with Crippen LogP contribution in [0.3, 0.4) is 0 Å². The third-order valence-electron chi connectivity index (χ3n) is 2.53. The molecule has 0 unspecified atom stereocenters. The van der Waals surface area contributed by atoms with Crippen LogP contribution in [-0.4, -0.2) is 25.1 Å². The Morgan fingerprint density at radius 2 is 2.11 bits per heavy atom. The van der Waals surface area contributed by atoms with Crippen molar-refractivity contribution in [2.45, 2.75) is 32.7 Å². The van der Waals surface area contributed by atoms with E-state index in [4.69, 9.17) is 10.5 Å². The van der Waals surface area contributed by atoms with Crippen LogP contribution in [0.2, 0.25) is 0 Å². The molecule has 0 atom stereocenters. The Morgan fingerprint density at radius 1 is 1.44 bits per heavy atom. The van der Waals surface area contributed by atoms with E-state index in [1.54, 1.807) is 7.11 Å². The molecule has 4 nitrogen and oxygen atoms in total. The van der Waals surface area contributed by atoms with E-state index in [0.717, 1.165) is 16.9 Å². The van der Waals surface area contributed by atoms with Gasteiger partial charge < -0.3 is 15.8 Å². The maximum Gasteiger partial charge on any atom is 0.224 e. The fourth-order valence-corrected chi connectivity index (χ4v) is 1.56. The Morgan fingerprint density at radius 3 is 2.67 bits per heavy atom. The molecule has 0 bridgehead atoms. The largest absolute Gasteiger partial charge is 0.496 e. The molecule has 0 aliphatic carbocycles. The average molecular weight is 250 g/mol. The first-order valence-corrected chi connectivity index (χ1v) is 6.01. The van der Waals surface area contributed by atoms with Crippen molar-refractivity contribution in [2.75, 3.05) is 13.7 Å². The number of rotatable bonds is 5. The third kappa shape index (κ3) is 4.75. The summed E-state index contributed by atoms with van der Waals surface area (Å²) >= 11 is 0. The fourth-order valence-electron chi connectivity index (χ4n) is 1.56. The van der Waals surface area contributed by atoms with Gasteiger partial charge in [-0.3, -0.25) is 4.79 Å². The van der Waals surface area contributed by atoms with Gasteiger partial charge in [0.2, 0.25) is 5.91 Å². The molecule has 1 aromatic carbocycles. The molecule has 0 spiro atoms. The first-order chi connectivity index (χ1) is 8.31. The summed E-state index contributed by atoms with van der Waals surface area (Å²) in [6.45, 7) is 6.20. The van der Waals surface area contributed by atoms with Crippen LogP contribution in [0.4, 0.5) is 0 Å². The van der Waals surface area contributed by atoms with Gasteiger partial charge in [-0.2, -0.15) is 0 Å². The minimum atomic E-state index is -0.396. The summed E-state index contributed by atoms with van der Waals surface area (Å²) in [5.74, 6) is 0.702. The van der Waals surface area contributed by atoms with Crippen LogP contribution in [0.1, 0.15) is 25.0 Å². The normalized spacial score (nSPS) is 11.2. The molecule has 0 aromatic heterocycles. The SMILES string of the molecule is COc1cc(C)ccc1CC(=O)NCC(C)(C)N. The summed E-state index contributed by atoms with van der Waals surface area (Å²) in [7, 11) is 1.61. The zero-order chi connectivity index (χ0) is 13.8. The maximum atomic E-state index is 11.8. The predicted octanol–water partition coefficient (Wildman–Crippen LogP) is 1.40. The number of hydrogen-bond acceptors (Lipinski definition) is 3. The lowest BCUT2D eigenvalue weighted by atomic mass is 10.1. The van der Waals surface area contributed by atoms with Gasteiger partial charge in [-0.15, -0.1) is 0 Å². The van der Waals surface area contributed by atoms with Crippen molar-refractivity contribution in [1.29, 1.82) is 0 Å². The second kappa shape index (κ2) is 5.87. The van der Waals surface area contributed by atoms with Crippen LogP contribution < -0.4 is 15.8 Å². The molecule has 0 saturated carbocycles. The van der Waals surface area contributed by atoms with Gasteiger partial charge in [0.1, 0.15) is 5.75 Å². The van der Waals surface area contributed by atoms with Gasteiger partial charge in [0, 0.05) is 17.6 Å². The number of ether oxygens (including phenoxy) is 1. The molecular weight excluding hydrogens is 228 g/mol. The Hall–Kier alpha value is -1.55. The van der Waals surface area contributed by atoms with Crippen LogP contribution in [0, 0.1) is 6.92 Å². The Balaban J connectivity index is 2.64. The van der Waals surface area contributed by atoms with Gasteiger partial charge in [0.25, 0.3) is 0 Å². The molecule has 3 N–H and O–H groups in total. The van der Waals surface area contributed by atoms with E-state index in [1.165, 1.54) is 0 Å². The van der Waals surface area contributed by atoms with Crippen molar-refractivity contribution < 1.29 is 9.53 Å². The molecule has 0 radical (unpaired) electrons. The van der Waals surface area contributed by atoms with E-state index in [2.05, 4.69) is 5.32 Å². The Bertz CT molecular complexity index is 422. The summed E-state index contributed by atoms with van der Waals surface area (Å²) in [4.78, 5) is 11.8.